The van der Waals surface area contributed by atoms with Crippen LogP contribution in [0, 0.1) is 0 Å². The second kappa shape index (κ2) is 7.63. The highest BCUT2D eigenvalue weighted by Gasteiger charge is 2.29. The first-order valence-corrected chi connectivity index (χ1v) is 9.25. The Hall–Kier alpha value is -3.13. The zero-order valence-electron chi connectivity index (χ0n) is 15.3. The first kappa shape index (κ1) is 17.3. The molecule has 4 rings (SSSR count). The second-order valence-electron chi connectivity index (χ2n) is 6.89. The average molecular weight is 354 g/mol. The average Bonchev–Trinajstić information content (AvgIpc) is 3.16. The molecule has 0 radical (unpaired) electrons. The van der Waals surface area contributed by atoms with Crippen molar-refractivity contribution in [3.63, 3.8) is 0 Å². The van der Waals surface area contributed by atoms with E-state index < -0.39 is 0 Å². The molecule has 0 N–H and O–H groups in total. The lowest BCUT2D eigenvalue weighted by Gasteiger charge is -2.24. The maximum Gasteiger partial charge on any atom is 0.163 e. The Morgan fingerprint density at radius 2 is 1.63 bits per heavy atom. The van der Waals surface area contributed by atoms with Crippen LogP contribution in [0.2, 0.25) is 0 Å². The minimum atomic E-state index is 0.0866. The van der Waals surface area contributed by atoms with E-state index in [1.807, 2.05) is 42.5 Å². The van der Waals surface area contributed by atoms with Crippen molar-refractivity contribution in [2.75, 3.05) is 7.11 Å². The molecule has 3 aromatic carbocycles. The van der Waals surface area contributed by atoms with Crippen LogP contribution in [-0.4, -0.2) is 12.9 Å². The van der Waals surface area contributed by atoms with Crippen LogP contribution >= 0.6 is 0 Å². The van der Waals surface area contributed by atoms with Crippen LogP contribution in [0.3, 0.4) is 0 Å². The van der Waals surface area contributed by atoms with Crippen molar-refractivity contribution >= 4 is 11.9 Å². The topological polar surface area (TPSA) is 26.3 Å². The molecular formula is C25H22O2. The molecule has 0 aromatic heterocycles. The smallest absolute Gasteiger partial charge is 0.163 e. The van der Waals surface area contributed by atoms with Gasteiger partial charge in [-0.1, -0.05) is 78.9 Å². The molecule has 0 bridgehead atoms. The number of methoxy groups -OCH3 is 1. The molecule has 2 nitrogen and oxygen atoms in total. The van der Waals surface area contributed by atoms with Gasteiger partial charge in [0, 0.05) is 23.8 Å². The summed E-state index contributed by atoms with van der Waals surface area (Å²) < 4.78 is 5.30. The van der Waals surface area contributed by atoms with E-state index in [1.54, 1.807) is 7.11 Å². The summed E-state index contributed by atoms with van der Waals surface area (Å²) in [6.45, 7) is 0. The highest BCUT2D eigenvalue weighted by atomic mass is 16.5. The second-order valence-corrected chi connectivity index (χ2v) is 6.89. The molecule has 0 saturated heterocycles. The molecule has 1 aliphatic carbocycles. The van der Waals surface area contributed by atoms with Crippen LogP contribution in [0.1, 0.15) is 45.3 Å². The predicted octanol–water partition coefficient (Wildman–Crippen LogP) is 5.86. The number of benzene rings is 3. The van der Waals surface area contributed by atoms with Crippen molar-refractivity contribution < 1.29 is 9.53 Å². The molecule has 0 spiro atoms. The molecule has 3 aromatic rings. The number of rotatable bonds is 6. The molecule has 134 valence electrons. The van der Waals surface area contributed by atoms with Crippen molar-refractivity contribution in [1.29, 1.82) is 0 Å². The minimum Gasteiger partial charge on any atom is -0.497 e. The van der Waals surface area contributed by atoms with Gasteiger partial charge in [-0.2, -0.15) is 0 Å². The molecule has 0 heterocycles. The standard InChI is InChI=1S/C25H22O2/c1-27-21-14-11-19(12-15-21)24(17-25(26)20-8-3-2-4-9-20)23-16-13-18-7-5-6-10-22(18)23/h2-16,23-24H,17H2,1H3. The molecule has 0 fully saturated rings. The van der Waals surface area contributed by atoms with Crippen molar-refractivity contribution in [2.45, 2.75) is 18.3 Å². The lowest BCUT2D eigenvalue weighted by molar-refractivity contribution is 0.0971. The van der Waals surface area contributed by atoms with Gasteiger partial charge in [0.25, 0.3) is 0 Å². The van der Waals surface area contributed by atoms with Gasteiger partial charge in [0.1, 0.15) is 5.75 Å². The maximum atomic E-state index is 13.0. The zero-order chi connectivity index (χ0) is 18.6. The predicted molar refractivity (Wildman–Crippen MR) is 109 cm³/mol. The van der Waals surface area contributed by atoms with E-state index in [2.05, 4.69) is 48.6 Å². The van der Waals surface area contributed by atoms with Gasteiger partial charge in [-0.25, -0.2) is 0 Å². The molecule has 0 amide bonds. The number of hydrogen-bond donors (Lipinski definition) is 0. The quantitative estimate of drug-likeness (QED) is 0.518. The van der Waals surface area contributed by atoms with Gasteiger partial charge >= 0.3 is 0 Å². The van der Waals surface area contributed by atoms with Crippen LogP contribution in [0.25, 0.3) is 6.08 Å². The van der Waals surface area contributed by atoms with Crippen molar-refractivity contribution in [3.8, 4) is 5.75 Å². The first-order valence-electron chi connectivity index (χ1n) is 9.25. The largest absolute Gasteiger partial charge is 0.497 e. The lowest BCUT2D eigenvalue weighted by Crippen LogP contribution is -2.14. The third kappa shape index (κ3) is 3.56. The summed E-state index contributed by atoms with van der Waals surface area (Å²) in [5, 5.41) is 0. The van der Waals surface area contributed by atoms with Crippen molar-refractivity contribution in [3.05, 3.63) is 107 Å². The summed E-state index contributed by atoms with van der Waals surface area (Å²) in [6, 6.07) is 26.1. The number of Topliss-reactive ketones (excluding diaryl/α,β-unsaturated/α-hetero) is 1. The van der Waals surface area contributed by atoms with Crippen LogP contribution < -0.4 is 4.74 Å². The number of fused-ring (bicyclic) bond motifs is 1. The third-order valence-corrected chi connectivity index (χ3v) is 5.32. The first-order chi connectivity index (χ1) is 13.3. The Morgan fingerprint density at radius 3 is 2.37 bits per heavy atom. The van der Waals surface area contributed by atoms with Crippen molar-refractivity contribution in [1.82, 2.24) is 0 Å². The summed E-state index contributed by atoms with van der Waals surface area (Å²) in [6.07, 6.45) is 4.88. The van der Waals surface area contributed by atoms with Crippen LogP contribution in [0.5, 0.6) is 5.75 Å². The van der Waals surface area contributed by atoms with E-state index >= 15 is 0 Å². The highest BCUT2D eigenvalue weighted by molar-refractivity contribution is 5.96. The number of allylic oxidation sites excluding steroid dienone is 1. The molecule has 2 atom stereocenters. The summed E-state index contributed by atoms with van der Waals surface area (Å²) in [7, 11) is 1.67. The fourth-order valence-corrected chi connectivity index (χ4v) is 3.87. The van der Waals surface area contributed by atoms with Gasteiger partial charge in [0.15, 0.2) is 5.78 Å². The van der Waals surface area contributed by atoms with Gasteiger partial charge in [0.2, 0.25) is 0 Å². The van der Waals surface area contributed by atoms with Gasteiger partial charge < -0.3 is 4.74 Å². The Bertz CT molecular complexity index is 955. The van der Waals surface area contributed by atoms with E-state index in [0.717, 1.165) is 16.9 Å². The lowest BCUT2D eigenvalue weighted by atomic mass is 9.79. The Labute approximate surface area is 160 Å². The van der Waals surface area contributed by atoms with Crippen molar-refractivity contribution in [2.24, 2.45) is 0 Å². The minimum absolute atomic E-state index is 0.0866. The number of carbonyl (C=O) groups is 1. The van der Waals surface area contributed by atoms with E-state index in [4.69, 9.17) is 4.74 Å². The summed E-state index contributed by atoms with van der Waals surface area (Å²) in [5.74, 6) is 1.29. The molecule has 2 heteroatoms. The summed E-state index contributed by atoms with van der Waals surface area (Å²) in [4.78, 5) is 13.0. The molecule has 2 unspecified atom stereocenters. The molecule has 0 saturated carbocycles. The number of hydrogen-bond acceptors (Lipinski definition) is 2. The van der Waals surface area contributed by atoms with Gasteiger partial charge in [-0.3, -0.25) is 4.79 Å². The fourth-order valence-electron chi connectivity index (χ4n) is 3.87. The molecule has 1 aliphatic rings. The highest BCUT2D eigenvalue weighted by Crippen LogP contribution is 2.43. The SMILES string of the molecule is COc1ccc(C(CC(=O)c2ccccc2)C2C=Cc3ccccc32)cc1. The monoisotopic (exact) mass is 354 g/mol. The number of ether oxygens (including phenoxy) is 1. The molecule has 27 heavy (non-hydrogen) atoms. The number of ketones is 1. The van der Waals surface area contributed by atoms with E-state index in [1.165, 1.54) is 11.1 Å². The van der Waals surface area contributed by atoms with E-state index in [9.17, 15) is 4.79 Å². The summed E-state index contributed by atoms with van der Waals surface area (Å²) in [5.41, 5.74) is 4.46. The van der Waals surface area contributed by atoms with E-state index in [-0.39, 0.29) is 17.6 Å². The van der Waals surface area contributed by atoms with Gasteiger partial charge in [-0.15, -0.1) is 0 Å². The Kier molecular flexibility index (Phi) is 4.88. The van der Waals surface area contributed by atoms with Crippen LogP contribution in [-0.2, 0) is 0 Å². The zero-order valence-corrected chi connectivity index (χ0v) is 15.3. The van der Waals surface area contributed by atoms with E-state index in [0.29, 0.717) is 6.42 Å². The Balaban J connectivity index is 1.69. The molecule has 0 aliphatic heterocycles. The maximum absolute atomic E-state index is 13.0. The van der Waals surface area contributed by atoms with Crippen LogP contribution in [0.15, 0.2) is 84.9 Å². The van der Waals surface area contributed by atoms with Gasteiger partial charge in [0.05, 0.1) is 7.11 Å². The van der Waals surface area contributed by atoms with Crippen LogP contribution in [0.4, 0.5) is 0 Å². The summed E-state index contributed by atoms with van der Waals surface area (Å²) >= 11 is 0. The Morgan fingerprint density at radius 1 is 0.926 bits per heavy atom. The fraction of sp³-hybridized carbons (Fsp3) is 0.160. The third-order valence-electron chi connectivity index (χ3n) is 5.32. The number of carbonyl (C=O) groups excluding carboxylic acids is 1. The molecular weight excluding hydrogens is 332 g/mol. The van der Waals surface area contributed by atoms with Gasteiger partial charge in [-0.05, 0) is 28.8 Å². The normalized spacial score (nSPS) is 16.0.